The molecule has 4 rings (SSSR count). The smallest absolute Gasteiger partial charge is 0.320 e. The van der Waals surface area contributed by atoms with Gasteiger partial charge in [0.2, 0.25) is 5.88 Å². The quantitative estimate of drug-likeness (QED) is 0.407. The van der Waals surface area contributed by atoms with Crippen LogP contribution in [0.1, 0.15) is 15.9 Å². The first kappa shape index (κ1) is 25.1. The molecular weight excluding hydrogens is 466 g/mol. The van der Waals surface area contributed by atoms with Gasteiger partial charge >= 0.3 is 6.03 Å². The molecular formula is C24H29N7O5. The number of anilines is 1. The number of hydrogen-bond acceptors (Lipinski definition) is 8. The first-order valence-corrected chi connectivity index (χ1v) is 11.3. The number of hydroxylamine groups is 2. The number of nitrogens with two attached hydrogens (primary N) is 1. The molecule has 1 saturated heterocycles. The molecule has 0 saturated carbocycles. The predicted molar refractivity (Wildman–Crippen MR) is 132 cm³/mol. The normalized spacial score (nSPS) is 15.6. The monoisotopic (exact) mass is 495 g/mol. The van der Waals surface area contributed by atoms with Gasteiger partial charge in [-0.25, -0.2) is 14.5 Å². The second-order valence-corrected chi connectivity index (χ2v) is 8.19. The average Bonchev–Trinajstić information content (AvgIpc) is 3.46. The van der Waals surface area contributed by atoms with Gasteiger partial charge in [0.15, 0.2) is 0 Å². The summed E-state index contributed by atoms with van der Waals surface area (Å²) < 4.78 is 11.9. The fraction of sp³-hybridized carbons (Fsp3) is 0.333. The molecule has 2 aromatic heterocycles. The van der Waals surface area contributed by atoms with Crippen molar-refractivity contribution >= 4 is 17.8 Å². The molecule has 3 aromatic rings. The van der Waals surface area contributed by atoms with Gasteiger partial charge < -0.3 is 20.5 Å². The molecule has 0 unspecified atom stereocenters. The highest BCUT2D eigenvalue weighted by Crippen LogP contribution is 2.32. The van der Waals surface area contributed by atoms with E-state index < -0.39 is 11.9 Å². The van der Waals surface area contributed by atoms with Crippen LogP contribution in [-0.2, 0) is 9.57 Å². The van der Waals surface area contributed by atoms with Crippen LogP contribution in [0.4, 0.5) is 10.6 Å². The second-order valence-electron chi connectivity index (χ2n) is 8.19. The molecule has 190 valence electrons. The minimum Gasteiger partial charge on any atom is -0.480 e. The number of carbonyl (C=O) groups excluding carboxylic acids is 2. The first-order valence-electron chi connectivity index (χ1n) is 11.3. The van der Waals surface area contributed by atoms with Crippen LogP contribution in [0.3, 0.4) is 0 Å². The van der Waals surface area contributed by atoms with Crippen LogP contribution >= 0.6 is 0 Å². The number of benzene rings is 1. The van der Waals surface area contributed by atoms with Gasteiger partial charge in [0.25, 0.3) is 5.91 Å². The number of amides is 3. The summed E-state index contributed by atoms with van der Waals surface area (Å²) in [6.45, 7) is 3.90. The Balaban J connectivity index is 1.62. The molecule has 0 spiro atoms. The van der Waals surface area contributed by atoms with Crippen molar-refractivity contribution in [1.29, 1.82) is 0 Å². The summed E-state index contributed by atoms with van der Waals surface area (Å²) in [4.78, 5) is 34.7. The zero-order valence-electron chi connectivity index (χ0n) is 20.4. The van der Waals surface area contributed by atoms with E-state index >= 15 is 0 Å². The number of para-hydroxylation sites is 1. The third-order valence-electron chi connectivity index (χ3n) is 5.70. The van der Waals surface area contributed by atoms with Crippen LogP contribution in [0.5, 0.6) is 5.88 Å². The van der Waals surface area contributed by atoms with Crippen LogP contribution in [0.2, 0.25) is 0 Å². The number of nitrogens with one attached hydrogen (secondary N) is 2. The summed E-state index contributed by atoms with van der Waals surface area (Å²) in [5.41, 5.74) is 8.15. The third kappa shape index (κ3) is 5.46. The lowest BCUT2D eigenvalue weighted by molar-refractivity contribution is -0.118. The number of aromatic nitrogens is 3. The Hall–Kier alpha value is -4.00. The summed E-state index contributed by atoms with van der Waals surface area (Å²) in [6.07, 6.45) is 1.55. The van der Waals surface area contributed by atoms with Crippen molar-refractivity contribution in [2.24, 2.45) is 5.73 Å². The van der Waals surface area contributed by atoms with E-state index in [4.69, 9.17) is 25.1 Å². The number of pyridine rings is 1. The second kappa shape index (κ2) is 11.2. The van der Waals surface area contributed by atoms with E-state index in [1.165, 1.54) is 7.11 Å². The summed E-state index contributed by atoms with van der Waals surface area (Å²) >= 11 is 0. The van der Waals surface area contributed by atoms with Crippen LogP contribution < -0.4 is 21.1 Å². The van der Waals surface area contributed by atoms with E-state index in [0.717, 1.165) is 5.69 Å². The number of methoxy groups -OCH3 is 2. The molecule has 4 N–H and O–H groups in total. The highest BCUT2D eigenvalue weighted by atomic mass is 16.7. The Morgan fingerprint density at radius 3 is 2.72 bits per heavy atom. The minimum atomic E-state index is -0.669. The minimum absolute atomic E-state index is 0.127. The van der Waals surface area contributed by atoms with Crippen LogP contribution in [0, 0.1) is 6.92 Å². The van der Waals surface area contributed by atoms with Crippen LogP contribution in [0.15, 0.2) is 42.6 Å². The Labute approximate surface area is 208 Å². The van der Waals surface area contributed by atoms with Gasteiger partial charge in [-0.15, -0.1) is 0 Å². The lowest BCUT2D eigenvalue weighted by Crippen LogP contribution is -2.41. The number of nitrogens with zero attached hydrogens (tertiary/aromatic N) is 4. The van der Waals surface area contributed by atoms with Gasteiger partial charge in [-0.05, 0) is 25.1 Å². The maximum absolute atomic E-state index is 12.9. The maximum atomic E-state index is 12.9. The number of rotatable bonds is 9. The molecule has 36 heavy (non-hydrogen) atoms. The standard InChI is InChI=1S/C24H29N7O5/c1-15-20(16-11-19(21(25)32)23(35-3)26-12-16)29-31(18-7-5-4-6-8-18)22(15)28-24(33)27-17-13-30(36-14-17)9-10-34-2/h4-8,11-12,17H,9-10,13-14H2,1-3H3,(H2,25,32)(H2,27,28,33)/t17-/m1/s1. The molecule has 1 aliphatic heterocycles. The number of carbonyl (C=O) groups is 2. The summed E-state index contributed by atoms with van der Waals surface area (Å²) in [5.74, 6) is -0.0693. The molecule has 1 aliphatic rings. The van der Waals surface area contributed by atoms with Gasteiger partial charge in [-0.2, -0.15) is 10.2 Å². The number of urea groups is 1. The first-order chi connectivity index (χ1) is 17.4. The highest BCUT2D eigenvalue weighted by Gasteiger charge is 2.26. The van der Waals surface area contributed by atoms with Gasteiger partial charge in [0.05, 0.1) is 37.7 Å². The van der Waals surface area contributed by atoms with Crippen molar-refractivity contribution < 1.29 is 23.9 Å². The van der Waals surface area contributed by atoms with Gasteiger partial charge in [0, 0.05) is 37.5 Å². The van der Waals surface area contributed by atoms with Gasteiger partial charge in [0.1, 0.15) is 11.4 Å². The average molecular weight is 496 g/mol. The van der Waals surface area contributed by atoms with Crippen molar-refractivity contribution in [3.8, 4) is 22.8 Å². The fourth-order valence-electron chi connectivity index (χ4n) is 3.91. The Bertz CT molecular complexity index is 1230. The molecule has 0 aliphatic carbocycles. The molecule has 12 nitrogen and oxygen atoms in total. The topological polar surface area (TPSA) is 146 Å². The van der Waals surface area contributed by atoms with E-state index in [0.29, 0.717) is 48.9 Å². The van der Waals surface area contributed by atoms with Crippen molar-refractivity contribution in [3.63, 3.8) is 0 Å². The van der Waals surface area contributed by atoms with Crippen molar-refractivity contribution in [2.45, 2.75) is 13.0 Å². The van der Waals surface area contributed by atoms with Crippen LogP contribution in [-0.4, -0.2) is 78.3 Å². The number of primary amides is 1. The van der Waals surface area contributed by atoms with E-state index in [9.17, 15) is 9.59 Å². The molecule has 0 radical (unpaired) electrons. The third-order valence-corrected chi connectivity index (χ3v) is 5.70. The Morgan fingerprint density at radius 1 is 1.25 bits per heavy atom. The van der Waals surface area contributed by atoms with Crippen LogP contribution in [0.25, 0.3) is 16.9 Å². The summed E-state index contributed by atoms with van der Waals surface area (Å²) in [6, 6.07) is 10.4. The summed E-state index contributed by atoms with van der Waals surface area (Å²) in [5, 5.41) is 12.4. The lowest BCUT2D eigenvalue weighted by Gasteiger charge is -2.15. The van der Waals surface area contributed by atoms with E-state index in [1.807, 2.05) is 37.3 Å². The fourth-order valence-corrected chi connectivity index (χ4v) is 3.91. The van der Waals surface area contributed by atoms with Gasteiger partial charge in [-0.1, -0.05) is 18.2 Å². The molecule has 3 heterocycles. The van der Waals surface area contributed by atoms with Crippen molar-refractivity contribution in [3.05, 3.63) is 53.7 Å². The Morgan fingerprint density at radius 2 is 2.03 bits per heavy atom. The highest BCUT2D eigenvalue weighted by molar-refractivity contribution is 5.96. The maximum Gasteiger partial charge on any atom is 0.320 e. The Kier molecular flexibility index (Phi) is 7.78. The summed E-state index contributed by atoms with van der Waals surface area (Å²) in [7, 11) is 3.04. The van der Waals surface area contributed by atoms with E-state index in [1.54, 1.807) is 29.1 Å². The zero-order valence-corrected chi connectivity index (χ0v) is 20.4. The van der Waals surface area contributed by atoms with Crippen molar-refractivity contribution in [2.75, 3.05) is 45.8 Å². The van der Waals surface area contributed by atoms with E-state index in [2.05, 4.69) is 15.6 Å². The van der Waals surface area contributed by atoms with Crippen molar-refractivity contribution in [1.82, 2.24) is 25.1 Å². The SMILES string of the molecule is COCCN1C[C@@H](NC(=O)Nc2c(C)c(-c3cnc(OC)c(C(N)=O)c3)nn2-c2ccccc2)CO1. The molecule has 12 heteroatoms. The molecule has 3 amide bonds. The zero-order chi connectivity index (χ0) is 25.7. The predicted octanol–water partition coefficient (Wildman–Crippen LogP) is 1.73. The number of ether oxygens (including phenoxy) is 2. The largest absolute Gasteiger partial charge is 0.480 e. The number of hydrogen-bond donors (Lipinski definition) is 3. The molecule has 1 aromatic carbocycles. The lowest BCUT2D eigenvalue weighted by atomic mass is 10.1. The molecule has 1 fully saturated rings. The molecule has 1 atom stereocenters. The van der Waals surface area contributed by atoms with Gasteiger partial charge in [-0.3, -0.25) is 14.9 Å². The molecule has 0 bridgehead atoms. The van der Waals surface area contributed by atoms with E-state index in [-0.39, 0.29) is 17.5 Å².